The van der Waals surface area contributed by atoms with Crippen molar-refractivity contribution in [2.24, 2.45) is 9.98 Å². The minimum absolute atomic E-state index is 0.145. The molecule has 0 aliphatic carbocycles. The predicted molar refractivity (Wildman–Crippen MR) is 313 cm³/mol. The first-order chi connectivity index (χ1) is 37.1. The zero-order chi connectivity index (χ0) is 52.5. The predicted octanol–water partition coefficient (Wildman–Crippen LogP) is 14.9. The van der Waals surface area contributed by atoms with E-state index in [1.54, 1.807) is 0 Å². The van der Waals surface area contributed by atoms with E-state index in [1.165, 1.54) is 22.7 Å². The summed E-state index contributed by atoms with van der Waals surface area (Å²) >= 11 is 2.89. The lowest BCUT2D eigenvalue weighted by Gasteiger charge is -2.09. The first-order valence-electron chi connectivity index (χ1n) is 25.3. The van der Waals surface area contributed by atoms with Gasteiger partial charge in [-0.3, -0.25) is 18.7 Å². The third kappa shape index (κ3) is 9.60. The minimum atomic E-state index is -0.243. The van der Waals surface area contributed by atoms with Crippen LogP contribution in [0.15, 0.2) is 179 Å². The molecule has 10 nitrogen and oxygen atoms in total. The Bertz CT molecular complexity index is 4160. The van der Waals surface area contributed by atoms with Crippen molar-refractivity contribution in [1.29, 1.82) is 0 Å². The van der Waals surface area contributed by atoms with Crippen molar-refractivity contribution in [2.75, 3.05) is 0 Å². The van der Waals surface area contributed by atoms with Gasteiger partial charge < -0.3 is 9.97 Å². The van der Waals surface area contributed by atoms with Crippen molar-refractivity contribution in [3.63, 3.8) is 0 Å². The Morgan fingerprint density at radius 3 is 1.32 bits per heavy atom. The lowest BCUT2D eigenvalue weighted by molar-refractivity contribution is -0.118. The molecule has 0 fully saturated rings. The van der Waals surface area contributed by atoms with Crippen LogP contribution in [0.25, 0.3) is 90.4 Å². The van der Waals surface area contributed by atoms with E-state index < -0.39 is 0 Å². The average molecular weight is 1030 g/mol. The number of aryl methyl sites for hydroxylation is 2. The number of H-pyrrole nitrogens is 2. The van der Waals surface area contributed by atoms with E-state index in [0.717, 1.165) is 112 Å². The zero-order valence-electron chi connectivity index (χ0n) is 42.7. The van der Waals surface area contributed by atoms with Gasteiger partial charge in [-0.15, -0.1) is 22.7 Å². The van der Waals surface area contributed by atoms with Gasteiger partial charge in [0.15, 0.2) is 9.60 Å². The molecule has 0 saturated carbocycles. The summed E-state index contributed by atoms with van der Waals surface area (Å²) in [5, 5.41) is 4.11. The van der Waals surface area contributed by atoms with Crippen LogP contribution >= 0.6 is 22.7 Å². The van der Waals surface area contributed by atoms with Crippen LogP contribution in [0.2, 0.25) is 0 Å². The summed E-state index contributed by atoms with van der Waals surface area (Å²) < 4.78 is 4.10. The summed E-state index contributed by atoms with van der Waals surface area (Å²) in [5.74, 6) is -0.485. The van der Waals surface area contributed by atoms with Gasteiger partial charge in [-0.25, -0.2) is 9.97 Å². The number of fused-ring (bicyclic) bond motifs is 8. The van der Waals surface area contributed by atoms with Gasteiger partial charge >= 0.3 is 0 Å². The Labute approximate surface area is 448 Å². The maximum Gasteiger partial charge on any atom is 0.248 e. The summed E-state index contributed by atoms with van der Waals surface area (Å²) in [6.45, 7) is 16.7. The summed E-state index contributed by atoms with van der Waals surface area (Å²) in [6.07, 6.45) is 4.81. The lowest BCUT2D eigenvalue weighted by Crippen LogP contribution is -2.16. The number of hydrogen-bond donors (Lipinski definition) is 2. The summed E-state index contributed by atoms with van der Waals surface area (Å²) in [6, 6.07) is 48.6. The molecule has 0 atom stereocenters. The van der Waals surface area contributed by atoms with Gasteiger partial charge in [-0.05, 0) is 134 Å². The number of carbonyl (C=O) groups is 2. The Morgan fingerprint density at radius 1 is 0.513 bits per heavy atom. The highest BCUT2D eigenvalue weighted by atomic mass is 32.1. The fourth-order valence-corrected chi connectivity index (χ4v) is 12.0. The summed E-state index contributed by atoms with van der Waals surface area (Å²) in [7, 11) is 0. The maximum atomic E-state index is 14.2. The molecule has 2 N–H and O–H groups in total. The van der Waals surface area contributed by atoms with Crippen LogP contribution in [0.3, 0.4) is 0 Å². The fraction of sp³-hybridized carbons (Fsp3) is 0.125. The van der Waals surface area contributed by atoms with Gasteiger partial charge in [0.1, 0.15) is 0 Å². The van der Waals surface area contributed by atoms with Gasteiger partial charge in [-0.2, -0.15) is 9.98 Å². The number of hydrogen-bond acceptors (Lipinski definition) is 6. The number of nitrogens with one attached hydrogen (secondary N) is 2. The second-order valence-corrected chi connectivity index (χ2v) is 20.5. The van der Waals surface area contributed by atoms with E-state index in [4.69, 9.17) is 20.0 Å². The number of aromatic nitrogens is 6. The first kappa shape index (κ1) is 49.4. The van der Waals surface area contributed by atoms with E-state index in [-0.39, 0.29) is 24.7 Å². The Balaban J connectivity index is 1.01. The molecule has 11 rings (SSSR count). The normalized spacial score (nSPS) is 12.9. The van der Waals surface area contributed by atoms with Crippen LogP contribution in [-0.2, 0) is 9.59 Å². The number of aromatic amines is 2. The lowest BCUT2D eigenvalue weighted by atomic mass is 9.98. The van der Waals surface area contributed by atoms with Crippen LogP contribution in [-0.4, -0.2) is 40.9 Å². The number of carbonyl (C=O) groups excluding carboxylic acids is 2. The molecule has 374 valence electrons. The summed E-state index contributed by atoms with van der Waals surface area (Å²) in [5.41, 5.74) is 20.1. The van der Waals surface area contributed by atoms with E-state index in [1.807, 2.05) is 124 Å². The van der Waals surface area contributed by atoms with Gasteiger partial charge in [0.05, 0.1) is 34.2 Å². The molecule has 12 heteroatoms. The van der Waals surface area contributed by atoms with Crippen LogP contribution in [0.5, 0.6) is 0 Å². The molecular weight excluding hydrogens is 977 g/mol. The standard InChI is InChI=1S/C64H54N8O2S2/c1-7-47-39(3)51-33-52-41(5)49(29-31-61(73)69-63-71(45-25-17-11-18-26-45)59(37-75-63)43-21-13-9-14-22-43)57(67-52)36-58-50(42(6)54(68-58)35-56-48(8-2)40(4)53(66-56)34-55(47)65-51)30-32-62(74)70-64-72(46-27-19-12-20-28-46)60(38-76-64)44-23-15-10-16-24-44/h7-28,33-38,65-66H,1-2,29-32H2,3-6H3. The quantitative estimate of drug-likeness (QED) is 0.126. The van der Waals surface area contributed by atoms with Crippen molar-refractivity contribution >= 4 is 91.0 Å². The van der Waals surface area contributed by atoms with Gasteiger partial charge in [0.25, 0.3) is 0 Å². The second kappa shape index (κ2) is 21.2. The topological polar surface area (TPSA) is 126 Å². The first-order valence-corrected chi connectivity index (χ1v) is 27.0. The van der Waals surface area contributed by atoms with Crippen molar-refractivity contribution in [1.82, 2.24) is 29.1 Å². The molecule has 5 aromatic heterocycles. The summed E-state index contributed by atoms with van der Waals surface area (Å²) in [4.78, 5) is 57.2. The highest BCUT2D eigenvalue weighted by Crippen LogP contribution is 2.39. The van der Waals surface area contributed by atoms with Crippen LogP contribution in [0.1, 0.15) is 84.6 Å². The van der Waals surface area contributed by atoms with Crippen LogP contribution in [0.4, 0.5) is 0 Å². The molecule has 8 bridgehead atoms. The molecule has 7 heterocycles. The zero-order valence-corrected chi connectivity index (χ0v) is 44.4. The van der Waals surface area contributed by atoms with E-state index in [9.17, 15) is 9.59 Å². The number of allylic oxidation sites excluding steroid dienone is 4. The van der Waals surface area contributed by atoms with E-state index in [0.29, 0.717) is 33.8 Å². The number of amides is 2. The van der Waals surface area contributed by atoms with E-state index >= 15 is 0 Å². The average Bonchev–Trinajstić information content (AvgIpc) is 4.29. The van der Waals surface area contributed by atoms with Crippen molar-refractivity contribution in [3.05, 3.63) is 224 Å². The van der Waals surface area contributed by atoms with Gasteiger partial charge in [-0.1, -0.05) is 122 Å². The second-order valence-electron chi connectivity index (χ2n) is 18.8. The van der Waals surface area contributed by atoms with Gasteiger partial charge in [0.2, 0.25) is 11.8 Å². The molecule has 9 aromatic rings. The molecule has 2 aliphatic rings. The number of para-hydroxylation sites is 2. The number of rotatable bonds is 12. The third-order valence-electron chi connectivity index (χ3n) is 14.2. The number of benzene rings is 4. The molecule has 4 aromatic carbocycles. The van der Waals surface area contributed by atoms with Crippen LogP contribution in [0, 0.1) is 13.8 Å². The molecule has 2 aliphatic heterocycles. The van der Waals surface area contributed by atoms with Crippen molar-refractivity contribution < 1.29 is 9.59 Å². The third-order valence-corrected chi connectivity index (χ3v) is 15.9. The largest absolute Gasteiger partial charge is 0.355 e. The van der Waals surface area contributed by atoms with Crippen LogP contribution < -0.4 is 9.60 Å². The number of nitrogens with zero attached hydrogens (tertiary/aromatic N) is 6. The molecule has 76 heavy (non-hydrogen) atoms. The monoisotopic (exact) mass is 1030 g/mol. The Morgan fingerprint density at radius 2 is 0.895 bits per heavy atom. The van der Waals surface area contributed by atoms with E-state index in [2.05, 4.69) is 104 Å². The molecule has 2 amide bonds. The highest BCUT2D eigenvalue weighted by molar-refractivity contribution is 7.07. The minimum Gasteiger partial charge on any atom is -0.355 e. The molecular formula is C64H54N8O2S2. The molecule has 0 unspecified atom stereocenters. The molecule has 0 saturated heterocycles. The Hall–Kier alpha value is -8.84. The Kier molecular flexibility index (Phi) is 13.8. The van der Waals surface area contributed by atoms with Gasteiger partial charge in [0, 0.05) is 68.2 Å². The maximum absolute atomic E-state index is 14.2. The highest BCUT2D eigenvalue weighted by Gasteiger charge is 2.24. The smallest absolute Gasteiger partial charge is 0.248 e. The van der Waals surface area contributed by atoms with Crippen molar-refractivity contribution in [2.45, 2.75) is 53.4 Å². The fourth-order valence-electron chi connectivity index (χ4n) is 10.1. The number of thiazole rings is 2. The molecule has 0 radical (unpaired) electrons. The van der Waals surface area contributed by atoms with Crippen molar-refractivity contribution in [3.8, 4) is 33.9 Å². The molecule has 0 spiro atoms. The SMILES string of the molecule is C=Cc1c(C)c2cc3[nH]c(cc4nc(cc5nc(cc1[nH]2)C(C)=C5CCC(=O)N=c1scc(-c2ccccc2)n1-c1ccccc1)C(CCC(=O)N=c1scc(-c2ccccc2)n1-c1ccccc1)=C4C)c(C)c3C=C.